The van der Waals surface area contributed by atoms with Gasteiger partial charge in [0, 0.05) is 13.1 Å². The topological polar surface area (TPSA) is 86.1 Å². The Labute approximate surface area is 119 Å². The van der Waals surface area contributed by atoms with Crippen molar-refractivity contribution in [2.45, 2.75) is 18.4 Å². The van der Waals surface area contributed by atoms with E-state index in [-0.39, 0.29) is 16.6 Å². The molecule has 1 N–H and O–H groups in total. The van der Waals surface area contributed by atoms with Gasteiger partial charge in [-0.15, -0.1) is 5.10 Å². The van der Waals surface area contributed by atoms with Crippen LogP contribution in [0.5, 0.6) is 5.75 Å². The van der Waals surface area contributed by atoms with E-state index in [1.54, 1.807) is 14.0 Å². The van der Waals surface area contributed by atoms with E-state index in [1.165, 1.54) is 22.9 Å². The summed E-state index contributed by atoms with van der Waals surface area (Å²) in [5, 5.41) is 3.86. The number of benzene rings is 1. The molecule has 2 aromatic rings. The maximum absolute atomic E-state index is 12.1. The molecule has 0 aliphatic carbocycles. The number of rotatable bonds is 5. The molecule has 0 spiro atoms. The van der Waals surface area contributed by atoms with Crippen LogP contribution in [0.1, 0.15) is 5.82 Å². The zero-order valence-electron chi connectivity index (χ0n) is 11.1. The van der Waals surface area contributed by atoms with Crippen molar-refractivity contribution < 1.29 is 21.9 Å². The maximum Gasteiger partial charge on any atom is 0.387 e. The molecule has 0 amide bonds. The summed E-state index contributed by atoms with van der Waals surface area (Å²) in [5.41, 5.74) is 0. The second-order valence-corrected chi connectivity index (χ2v) is 5.75. The molecule has 10 heteroatoms. The van der Waals surface area contributed by atoms with Gasteiger partial charge in [-0.3, -0.25) is 4.68 Å². The first kappa shape index (κ1) is 15.2. The highest BCUT2D eigenvalue weighted by Gasteiger charge is 2.18. The minimum atomic E-state index is -3.99. The third-order valence-electron chi connectivity index (χ3n) is 2.55. The molecule has 0 saturated carbocycles. The second kappa shape index (κ2) is 5.64. The highest BCUT2D eigenvalue weighted by atomic mass is 32.2. The number of nitrogens with one attached hydrogen (secondary N) is 1. The molecule has 0 radical (unpaired) electrons. The van der Waals surface area contributed by atoms with Gasteiger partial charge in [0.15, 0.2) is 0 Å². The van der Waals surface area contributed by atoms with Crippen molar-refractivity contribution >= 4 is 16.0 Å². The second-order valence-electron chi connectivity index (χ2n) is 4.07. The molecular weight excluding hydrogens is 306 g/mol. The lowest BCUT2D eigenvalue weighted by Gasteiger charge is -2.07. The van der Waals surface area contributed by atoms with Crippen molar-refractivity contribution in [1.82, 2.24) is 14.8 Å². The molecule has 1 heterocycles. The van der Waals surface area contributed by atoms with Gasteiger partial charge in [0.2, 0.25) is 0 Å². The minimum absolute atomic E-state index is 0.102. The van der Waals surface area contributed by atoms with Crippen molar-refractivity contribution in [3.05, 3.63) is 30.1 Å². The number of halogens is 2. The Morgan fingerprint density at radius 3 is 2.67 bits per heavy atom. The molecular formula is C11H12F2N4O3S. The van der Waals surface area contributed by atoms with Crippen LogP contribution in [0.2, 0.25) is 0 Å². The lowest BCUT2D eigenvalue weighted by atomic mass is 10.3. The molecule has 114 valence electrons. The average Bonchev–Trinajstić information content (AvgIpc) is 2.67. The molecule has 0 atom stereocenters. The largest absolute Gasteiger partial charge is 0.435 e. The number of anilines is 1. The van der Waals surface area contributed by atoms with Gasteiger partial charge in [0.25, 0.3) is 16.0 Å². The van der Waals surface area contributed by atoms with E-state index in [9.17, 15) is 17.2 Å². The van der Waals surface area contributed by atoms with Crippen molar-refractivity contribution in [1.29, 1.82) is 0 Å². The van der Waals surface area contributed by atoms with Crippen LogP contribution in [0.4, 0.5) is 14.7 Å². The van der Waals surface area contributed by atoms with E-state index in [0.717, 1.165) is 6.07 Å². The van der Waals surface area contributed by atoms with Gasteiger partial charge in [-0.2, -0.15) is 13.8 Å². The van der Waals surface area contributed by atoms with Gasteiger partial charge in [0.05, 0.1) is 4.90 Å². The maximum atomic E-state index is 12.1. The van der Waals surface area contributed by atoms with Gasteiger partial charge in [0.1, 0.15) is 11.6 Å². The fourth-order valence-corrected chi connectivity index (χ4v) is 2.48. The van der Waals surface area contributed by atoms with Crippen molar-refractivity contribution in [2.24, 2.45) is 7.05 Å². The van der Waals surface area contributed by atoms with Crippen LogP contribution in [0.25, 0.3) is 0 Å². The number of aromatic nitrogens is 3. The van der Waals surface area contributed by atoms with E-state index < -0.39 is 16.6 Å². The summed E-state index contributed by atoms with van der Waals surface area (Å²) in [6.07, 6.45) is 0. The van der Waals surface area contributed by atoms with Crippen LogP contribution >= 0.6 is 0 Å². The Balaban J connectivity index is 2.26. The summed E-state index contributed by atoms with van der Waals surface area (Å²) < 4.78 is 56.2. The third kappa shape index (κ3) is 3.66. The fourth-order valence-electron chi connectivity index (χ4n) is 1.50. The van der Waals surface area contributed by atoms with Crippen LogP contribution in [-0.2, 0) is 17.1 Å². The van der Waals surface area contributed by atoms with Gasteiger partial charge < -0.3 is 4.74 Å². The Kier molecular flexibility index (Phi) is 4.07. The molecule has 21 heavy (non-hydrogen) atoms. The molecule has 0 unspecified atom stereocenters. The number of nitrogens with zero attached hydrogens (tertiary/aromatic N) is 3. The Morgan fingerprint density at radius 2 is 2.10 bits per heavy atom. The highest BCUT2D eigenvalue weighted by Crippen LogP contribution is 2.20. The number of aryl methyl sites for hydroxylation is 2. The lowest BCUT2D eigenvalue weighted by Crippen LogP contribution is -2.14. The molecule has 0 bridgehead atoms. The van der Waals surface area contributed by atoms with E-state index >= 15 is 0 Å². The minimum Gasteiger partial charge on any atom is -0.435 e. The van der Waals surface area contributed by atoms with Gasteiger partial charge >= 0.3 is 6.61 Å². The lowest BCUT2D eigenvalue weighted by molar-refractivity contribution is -0.0499. The molecule has 0 saturated heterocycles. The van der Waals surface area contributed by atoms with Crippen LogP contribution in [0.15, 0.2) is 29.2 Å². The van der Waals surface area contributed by atoms with Crippen molar-refractivity contribution in [2.75, 3.05) is 4.72 Å². The summed E-state index contributed by atoms with van der Waals surface area (Å²) >= 11 is 0. The molecule has 0 fully saturated rings. The van der Waals surface area contributed by atoms with Gasteiger partial charge in [-0.05, 0) is 19.1 Å². The summed E-state index contributed by atoms with van der Waals surface area (Å²) in [5.74, 6) is 0.163. The Hall–Kier alpha value is -2.23. The SMILES string of the molecule is Cc1nc(NS(=O)(=O)c2cccc(OC(F)F)c2)nn1C. The first-order valence-electron chi connectivity index (χ1n) is 5.73. The molecule has 2 rings (SSSR count). The molecule has 0 aliphatic heterocycles. The third-order valence-corrected chi connectivity index (χ3v) is 3.87. The quantitative estimate of drug-likeness (QED) is 0.903. The molecule has 1 aromatic heterocycles. The van der Waals surface area contributed by atoms with Gasteiger partial charge in [-0.1, -0.05) is 6.07 Å². The highest BCUT2D eigenvalue weighted by molar-refractivity contribution is 7.92. The zero-order valence-corrected chi connectivity index (χ0v) is 11.9. The fraction of sp³-hybridized carbons (Fsp3) is 0.273. The summed E-state index contributed by atoms with van der Waals surface area (Å²) in [6.45, 7) is -1.38. The zero-order chi connectivity index (χ0) is 15.6. The monoisotopic (exact) mass is 318 g/mol. The Morgan fingerprint density at radius 1 is 1.38 bits per heavy atom. The number of hydrogen-bond acceptors (Lipinski definition) is 5. The number of alkyl halides is 2. The van der Waals surface area contributed by atoms with Crippen LogP contribution < -0.4 is 9.46 Å². The molecule has 7 nitrogen and oxygen atoms in total. The van der Waals surface area contributed by atoms with Crippen molar-refractivity contribution in [3.8, 4) is 5.75 Å². The van der Waals surface area contributed by atoms with E-state index in [1.807, 2.05) is 0 Å². The average molecular weight is 318 g/mol. The summed E-state index contributed by atoms with van der Waals surface area (Å²) in [7, 11) is -2.38. The Bertz CT molecular complexity index is 726. The molecule has 0 aliphatic rings. The van der Waals surface area contributed by atoms with Crippen LogP contribution in [0.3, 0.4) is 0 Å². The van der Waals surface area contributed by atoms with Crippen molar-refractivity contribution in [3.63, 3.8) is 0 Å². The number of hydrogen-bond donors (Lipinski definition) is 1. The standard InChI is InChI=1S/C11H12F2N4O3S/c1-7-14-11(15-17(7)2)16-21(18,19)9-5-3-4-8(6-9)20-10(12)13/h3-6,10H,1-2H3,(H,15,16). The van der Waals surface area contributed by atoms with Gasteiger partial charge in [-0.25, -0.2) is 13.1 Å². The first-order chi connectivity index (χ1) is 9.78. The van der Waals surface area contributed by atoms with E-state index in [4.69, 9.17) is 0 Å². The summed E-state index contributed by atoms with van der Waals surface area (Å²) in [6, 6.07) is 4.76. The van der Waals surface area contributed by atoms with Crippen LogP contribution in [0, 0.1) is 6.92 Å². The summed E-state index contributed by atoms with van der Waals surface area (Å²) in [4.78, 5) is 3.67. The predicted octanol–water partition coefficient (Wildman–Crippen LogP) is 1.53. The number of ether oxygens (including phenoxy) is 1. The normalized spacial score (nSPS) is 11.7. The first-order valence-corrected chi connectivity index (χ1v) is 7.21. The number of sulfonamides is 1. The molecule has 1 aromatic carbocycles. The smallest absolute Gasteiger partial charge is 0.387 e. The van der Waals surface area contributed by atoms with E-state index in [0.29, 0.717) is 5.82 Å². The predicted molar refractivity (Wildman–Crippen MR) is 69.6 cm³/mol. The van der Waals surface area contributed by atoms with Crippen LogP contribution in [-0.4, -0.2) is 29.8 Å². The van der Waals surface area contributed by atoms with E-state index in [2.05, 4.69) is 19.5 Å².